The molecule has 1 aromatic heterocycles. The molecule has 0 unspecified atom stereocenters. The quantitative estimate of drug-likeness (QED) is 0.626. The van der Waals surface area contributed by atoms with Crippen LogP contribution in [0.3, 0.4) is 0 Å². The molecule has 0 amide bonds. The number of aryl methyl sites for hydroxylation is 1. The standard InChI is InChI=1S/C9H13NOS/c1-6-7(12-5-10-6)8(11)9(2,3)4/h5H,1-4H3. The summed E-state index contributed by atoms with van der Waals surface area (Å²) in [5, 5.41) is 0. The number of Topliss-reactive ketones (excluding diaryl/α,β-unsaturated/α-hetero) is 1. The average Bonchev–Trinajstić information content (AvgIpc) is 2.31. The van der Waals surface area contributed by atoms with Crippen molar-refractivity contribution in [3.05, 3.63) is 16.1 Å². The minimum atomic E-state index is -0.294. The van der Waals surface area contributed by atoms with Crippen LogP contribution in [0.4, 0.5) is 0 Å². The molecular formula is C9H13NOS. The number of carbonyl (C=O) groups excluding carboxylic acids is 1. The first-order chi connectivity index (χ1) is 5.43. The van der Waals surface area contributed by atoms with Crippen LogP contribution in [0, 0.1) is 12.3 Å². The van der Waals surface area contributed by atoms with Crippen LogP contribution in [0.5, 0.6) is 0 Å². The van der Waals surface area contributed by atoms with Crippen LogP contribution < -0.4 is 0 Å². The number of hydrogen-bond donors (Lipinski definition) is 0. The van der Waals surface area contributed by atoms with Crippen LogP contribution in [0.2, 0.25) is 0 Å². The van der Waals surface area contributed by atoms with E-state index in [1.165, 1.54) is 11.3 Å². The molecule has 0 bridgehead atoms. The molecule has 1 heterocycles. The van der Waals surface area contributed by atoms with Crippen molar-refractivity contribution >= 4 is 17.1 Å². The predicted molar refractivity (Wildman–Crippen MR) is 50.6 cm³/mol. The number of nitrogens with zero attached hydrogens (tertiary/aromatic N) is 1. The fourth-order valence-corrected chi connectivity index (χ4v) is 1.81. The van der Waals surface area contributed by atoms with Crippen molar-refractivity contribution in [2.45, 2.75) is 27.7 Å². The number of carbonyl (C=O) groups is 1. The van der Waals surface area contributed by atoms with Gasteiger partial charge >= 0.3 is 0 Å². The Kier molecular flexibility index (Phi) is 2.33. The molecule has 0 N–H and O–H groups in total. The van der Waals surface area contributed by atoms with Crippen molar-refractivity contribution in [3.63, 3.8) is 0 Å². The summed E-state index contributed by atoms with van der Waals surface area (Å²) in [4.78, 5) is 16.6. The summed E-state index contributed by atoms with van der Waals surface area (Å²) in [5.41, 5.74) is 2.27. The van der Waals surface area contributed by atoms with Crippen LogP contribution in [0.1, 0.15) is 36.1 Å². The van der Waals surface area contributed by atoms with E-state index >= 15 is 0 Å². The normalized spacial score (nSPS) is 11.7. The fraction of sp³-hybridized carbons (Fsp3) is 0.556. The Morgan fingerprint density at radius 2 is 2.08 bits per heavy atom. The summed E-state index contributed by atoms with van der Waals surface area (Å²) >= 11 is 1.42. The third-order valence-corrected chi connectivity index (χ3v) is 2.56. The lowest BCUT2D eigenvalue weighted by molar-refractivity contribution is 0.0862. The third-order valence-electron chi connectivity index (χ3n) is 1.63. The van der Waals surface area contributed by atoms with Gasteiger partial charge in [-0.05, 0) is 6.92 Å². The molecule has 0 aromatic carbocycles. The van der Waals surface area contributed by atoms with Crippen molar-refractivity contribution in [2.75, 3.05) is 0 Å². The lowest BCUT2D eigenvalue weighted by Crippen LogP contribution is -2.19. The third kappa shape index (κ3) is 1.72. The highest BCUT2D eigenvalue weighted by atomic mass is 32.1. The number of ketones is 1. The topological polar surface area (TPSA) is 30.0 Å². The molecule has 0 atom stereocenters. The van der Waals surface area contributed by atoms with Gasteiger partial charge in [0.05, 0.1) is 16.1 Å². The summed E-state index contributed by atoms with van der Waals surface area (Å²) in [5.74, 6) is 0.183. The summed E-state index contributed by atoms with van der Waals surface area (Å²) in [6.45, 7) is 7.65. The number of rotatable bonds is 1. The van der Waals surface area contributed by atoms with Gasteiger partial charge in [0.1, 0.15) is 0 Å². The van der Waals surface area contributed by atoms with Crippen LogP contribution >= 0.6 is 11.3 Å². The predicted octanol–water partition coefficient (Wildman–Crippen LogP) is 2.68. The molecule has 0 aliphatic rings. The molecule has 0 saturated heterocycles. The molecule has 0 spiro atoms. The second-order valence-corrected chi connectivity index (χ2v) is 4.70. The van der Waals surface area contributed by atoms with Crippen molar-refractivity contribution in [1.29, 1.82) is 0 Å². The lowest BCUT2D eigenvalue weighted by atomic mass is 9.89. The van der Waals surface area contributed by atoms with E-state index in [1.807, 2.05) is 27.7 Å². The van der Waals surface area contributed by atoms with E-state index in [4.69, 9.17) is 0 Å². The van der Waals surface area contributed by atoms with Gasteiger partial charge < -0.3 is 0 Å². The van der Waals surface area contributed by atoms with Crippen LogP contribution in [-0.2, 0) is 0 Å². The summed E-state index contributed by atoms with van der Waals surface area (Å²) in [6, 6.07) is 0. The maximum absolute atomic E-state index is 11.7. The molecule has 1 aromatic rings. The van der Waals surface area contributed by atoms with E-state index in [0.29, 0.717) is 0 Å². The van der Waals surface area contributed by atoms with E-state index < -0.39 is 0 Å². The zero-order valence-electron chi connectivity index (χ0n) is 7.84. The first kappa shape index (κ1) is 9.39. The van der Waals surface area contributed by atoms with Gasteiger partial charge in [0.2, 0.25) is 0 Å². The van der Waals surface area contributed by atoms with Gasteiger partial charge in [-0.3, -0.25) is 4.79 Å². The lowest BCUT2D eigenvalue weighted by Gasteiger charge is -2.15. The molecule has 0 aliphatic carbocycles. The Labute approximate surface area is 76.6 Å². The largest absolute Gasteiger partial charge is 0.293 e. The van der Waals surface area contributed by atoms with Crippen molar-refractivity contribution in [1.82, 2.24) is 4.98 Å². The molecule has 1 rings (SSSR count). The maximum Gasteiger partial charge on any atom is 0.179 e. The van der Waals surface area contributed by atoms with Crippen molar-refractivity contribution < 1.29 is 4.79 Å². The van der Waals surface area contributed by atoms with Crippen LogP contribution in [0.25, 0.3) is 0 Å². The van der Waals surface area contributed by atoms with Gasteiger partial charge in [0.25, 0.3) is 0 Å². The number of thiazole rings is 1. The van der Waals surface area contributed by atoms with Gasteiger partial charge in [-0.1, -0.05) is 20.8 Å². The molecule has 3 heteroatoms. The second kappa shape index (κ2) is 2.98. The van der Waals surface area contributed by atoms with E-state index in [-0.39, 0.29) is 11.2 Å². The molecule has 12 heavy (non-hydrogen) atoms. The number of hydrogen-bond acceptors (Lipinski definition) is 3. The SMILES string of the molecule is Cc1ncsc1C(=O)C(C)(C)C. The van der Waals surface area contributed by atoms with Gasteiger partial charge in [-0.2, -0.15) is 0 Å². The Hall–Kier alpha value is -0.700. The summed E-state index contributed by atoms with van der Waals surface area (Å²) in [6.07, 6.45) is 0. The summed E-state index contributed by atoms with van der Waals surface area (Å²) in [7, 11) is 0. The van der Waals surface area contributed by atoms with E-state index in [9.17, 15) is 4.79 Å². The highest BCUT2D eigenvalue weighted by molar-refractivity contribution is 7.12. The molecular weight excluding hydrogens is 170 g/mol. The highest BCUT2D eigenvalue weighted by Crippen LogP contribution is 2.24. The Bertz CT molecular complexity index is 296. The van der Waals surface area contributed by atoms with E-state index in [0.717, 1.165) is 10.6 Å². The Morgan fingerprint density at radius 3 is 2.42 bits per heavy atom. The molecule has 0 aliphatic heterocycles. The fourth-order valence-electron chi connectivity index (χ4n) is 0.860. The number of aromatic nitrogens is 1. The van der Waals surface area contributed by atoms with Gasteiger partial charge in [-0.25, -0.2) is 4.98 Å². The molecule has 0 fully saturated rings. The first-order valence-electron chi connectivity index (χ1n) is 3.88. The second-order valence-electron chi connectivity index (χ2n) is 3.85. The minimum absolute atomic E-state index is 0.183. The monoisotopic (exact) mass is 183 g/mol. The zero-order chi connectivity index (χ0) is 9.35. The van der Waals surface area contributed by atoms with Crippen molar-refractivity contribution in [3.8, 4) is 0 Å². The van der Waals surface area contributed by atoms with Crippen LogP contribution in [-0.4, -0.2) is 10.8 Å². The van der Waals surface area contributed by atoms with E-state index in [2.05, 4.69) is 4.98 Å². The van der Waals surface area contributed by atoms with Crippen LogP contribution in [0.15, 0.2) is 5.51 Å². The maximum atomic E-state index is 11.7. The van der Waals surface area contributed by atoms with Crippen molar-refractivity contribution in [2.24, 2.45) is 5.41 Å². The highest BCUT2D eigenvalue weighted by Gasteiger charge is 2.25. The molecule has 66 valence electrons. The molecule has 0 radical (unpaired) electrons. The Morgan fingerprint density at radius 1 is 1.50 bits per heavy atom. The minimum Gasteiger partial charge on any atom is -0.293 e. The smallest absolute Gasteiger partial charge is 0.179 e. The Balaban J connectivity index is 3.01. The van der Waals surface area contributed by atoms with Gasteiger partial charge in [0.15, 0.2) is 5.78 Å². The summed E-state index contributed by atoms with van der Waals surface area (Å²) < 4.78 is 0. The zero-order valence-corrected chi connectivity index (χ0v) is 8.66. The van der Waals surface area contributed by atoms with E-state index in [1.54, 1.807) is 5.51 Å². The van der Waals surface area contributed by atoms with Gasteiger partial charge in [-0.15, -0.1) is 11.3 Å². The van der Waals surface area contributed by atoms with Gasteiger partial charge in [0, 0.05) is 5.41 Å². The molecule has 0 saturated carbocycles. The average molecular weight is 183 g/mol. The molecule has 2 nitrogen and oxygen atoms in total. The first-order valence-corrected chi connectivity index (χ1v) is 4.76.